The Hall–Kier alpha value is -1.70. The van der Waals surface area contributed by atoms with E-state index in [0.717, 1.165) is 12.1 Å². The third-order valence-corrected chi connectivity index (χ3v) is 5.93. The third kappa shape index (κ3) is 4.43. The number of ether oxygens (including phenoxy) is 2. The normalized spacial score (nSPS) is 12.1. The van der Waals surface area contributed by atoms with Gasteiger partial charge in [0.1, 0.15) is 12.4 Å². The van der Waals surface area contributed by atoms with Crippen molar-refractivity contribution >= 4 is 22.7 Å². The zero-order valence-electron chi connectivity index (χ0n) is 12.8. The number of hydrogen-bond donors (Lipinski definition) is 2. The van der Waals surface area contributed by atoms with Crippen molar-refractivity contribution in [1.29, 1.82) is 0 Å². The van der Waals surface area contributed by atoms with E-state index >= 15 is 0 Å². The molecule has 0 saturated heterocycles. The van der Waals surface area contributed by atoms with Gasteiger partial charge < -0.3 is 19.3 Å². The van der Waals surface area contributed by atoms with E-state index in [-0.39, 0.29) is 15.1 Å². The first kappa shape index (κ1) is 18.6. The number of methoxy groups -OCH3 is 1. The maximum absolute atomic E-state index is 12.5. The van der Waals surface area contributed by atoms with Gasteiger partial charge in [0.05, 0.1) is 21.7 Å². The zero-order valence-corrected chi connectivity index (χ0v) is 14.5. The van der Waals surface area contributed by atoms with E-state index in [0.29, 0.717) is 19.0 Å². The number of sulfone groups is 1. The van der Waals surface area contributed by atoms with Crippen LogP contribution >= 0.6 is 7.60 Å². The second-order valence-corrected chi connectivity index (χ2v) is 8.41. The Morgan fingerprint density at radius 1 is 0.917 bits per heavy atom. The van der Waals surface area contributed by atoms with Gasteiger partial charge in [0, 0.05) is 7.11 Å². The van der Waals surface area contributed by atoms with Crippen LogP contribution in [0.25, 0.3) is 0 Å². The van der Waals surface area contributed by atoms with E-state index < -0.39 is 17.4 Å². The van der Waals surface area contributed by atoms with Crippen LogP contribution in [0.4, 0.5) is 0 Å². The maximum atomic E-state index is 12.5. The van der Waals surface area contributed by atoms with Crippen molar-refractivity contribution in [1.82, 2.24) is 0 Å². The summed E-state index contributed by atoms with van der Waals surface area (Å²) in [6, 6.07) is 10.5. The Balaban J connectivity index is 2.22. The highest BCUT2D eigenvalue weighted by Crippen LogP contribution is 2.33. The van der Waals surface area contributed by atoms with Crippen molar-refractivity contribution in [2.75, 3.05) is 20.3 Å². The van der Waals surface area contributed by atoms with Crippen molar-refractivity contribution in [2.45, 2.75) is 9.79 Å². The van der Waals surface area contributed by atoms with Gasteiger partial charge >= 0.3 is 7.60 Å². The summed E-state index contributed by atoms with van der Waals surface area (Å²) in [7, 11) is -6.63. The molecule has 0 radical (unpaired) electrons. The smallest absolute Gasteiger partial charge is 0.356 e. The Kier molecular flexibility index (Phi) is 5.79. The predicted molar refractivity (Wildman–Crippen MR) is 87.4 cm³/mol. The van der Waals surface area contributed by atoms with Crippen LogP contribution in [-0.4, -0.2) is 38.5 Å². The molecule has 2 aromatic carbocycles. The molecule has 0 aliphatic carbocycles. The van der Waals surface area contributed by atoms with Gasteiger partial charge in [-0.25, -0.2) is 8.42 Å². The van der Waals surface area contributed by atoms with Crippen molar-refractivity contribution in [3.63, 3.8) is 0 Å². The van der Waals surface area contributed by atoms with Gasteiger partial charge in [0.15, 0.2) is 0 Å². The molecule has 130 valence electrons. The minimum absolute atomic E-state index is 0.0484. The highest BCUT2D eigenvalue weighted by molar-refractivity contribution is 7.91. The third-order valence-electron chi connectivity index (χ3n) is 3.17. The molecule has 2 rings (SSSR count). The Morgan fingerprint density at radius 2 is 1.42 bits per heavy atom. The van der Waals surface area contributed by atoms with Crippen molar-refractivity contribution < 1.29 is 32.2 Å². The van der Waals surface area contributed by atoms with Crippen molar-refractivity contribution in [2.24, 2.45) is 0 Å². The molecule has 24 heavy (non-hydrogen) atoms. The Morgan fingerprint density at radius 3 is 1.88 bits per heavy atom. The lowest BCUT2D eigenvalue weighted by Gasteiger charge is -2.09. The summed E-state index contributed by atoms with van der Waals surface area (Å²) in [6.45, 7) is 0.776. The second kappa shape index (κ2) is 7.46. The minimum atomic E-state index is -4.40. The first-order valence-corrected chi connectivity index (χ1v) is 9.98. The minimum Gasteiger partial charge on any atom is -0.491 e. The van der Waals surface area contributed by atoms with Crippen LogP contribution in [0.15, 0.2) is 58.3 Å². The monoisotopic (exact) mass is 372 g/mol. The average Bonchev–Trinajstić information content (AvgIpc) is 2.55. The molecule has 2 aromatic rings. The molecule has 0 saturated carbocycles. The molecule has 0 amide bonds. The molecule has 0 fully saturated rings. The fraction of sp³-hybridized carbons (Fsp3) is 0.200. The van der Waals surface area contributed by atoms with Gasteiger partial charge in [-0.3, -0.25) is 4.57 Å². The van der Waals surface area contributed by atoms with Crippen molar-refractivity contribution in [3.8, 4) is 5.75 Å². The van der Waals surface area contributed by atoms with Gasteiger partial charge in [-0.05, 0) is 48.5 Å². The lowest BCUT2D eigenvalue weighted by Crippen LogP contribution is -2.07. The van der Waals surface area contributed by atoms with Gasteiger partial charge in [-0.2, -0.15) is 0 Å². The molecule has 0 aliphatic heterocycles. The number of rotatable bonds is 7. The lowest BCUT2D eigenvalue weighted by molar-refractivity contribution is 0.146. The summed E-state index contributed by atoms with van der Waals surface area (Å²) < 4.78 is 46.4. The summed E-state index contributed by atoms with van der Waals surface area (Å²) in [6.07, 6.45) is 0. The molecule has 0 spiro atoms. The molecule has 0 heterocycles. The molecule has 0 bridgehead atoms. The molecule has 7 nitrogen and oxygen atoms in total. The Labute approximate surface area is 139 Å². The standard InChI is InChI=1S/C15H17O7PS/c1-21-10-11-22-12-2-6-14(7-3-12)24(19,20)15-8-4-13(5-9-15)23(16,17)18/h2-9H,10-11H2,1H3,(H2,16,17,18). The van der Waals surface area contributed by atoms with E-state index in [2.05, 4.69) is 0 Å². The summed E-state index contributed by atoms with van der Waals surface area (Å²) in [5, 5.41) is -0.233. The topological polar surface area (TPSA) is 110 Å². The van der Waals surface area contributed by atoms with E-state index in [1.54, 1.807) is 7.11 Å². The molecule has 0 aliphatic rings. The number of hydrogen-bond acceptors (Lipinski definition) is 5. The van der Waals surface area contributed by atoms with Crippen LogP contribution in [0, 0.1) is 0 Å². The van der Waals surface area contributed by atoms with Crippen molar-refractivity contribution in [3.05, 3.63) is 48.5 Å². The molecule has 9 heteroatoms. The Bertz CT molecular complexity index is 823. The number of benzene rings is 2. The summed E-state index contributed by atoms with van der Waals surface area (Å²) in [5.74, 6) is 0.517. The predicted octanol–water partition coefficient (Wildman–Crippen LogP) is 1.35. The summed E-state index contributed by atoms with van der Waals surface area (Å²) in [4.78, 5) is 18.1. The highest BCUT2D eigenvalue weighted by atomic mass is 32.2. The van der Waals surface area contributed by atoms with Gasteiger partial charge in [0.2, 0.25) is 9.84 Å². The maximum Gasteiger partial charge on any atom is 0.356 e. The van der Waals surface area contributed by atoms with E-state index in [1.165, 1.54) is 36.4 Å². The molecule has 0 unspecified atom stereocenters. The first-order valence-electron chi connectivity index (χ1n) is 6.88. The van der Waals surface area contributed by atoms with E-state index in [9.17, 15) is 13.0 Å². The summed E-state index contributed by atoms with van der Waals surface area (Å²) >= 11 is 0. The quantitative estimate of drug-likeness (QED) is 0.557. The molecule has 0 aromatic heterocycles. The molecule has 2 N–H and O–H groups in total. The van der Waals surface area contributed by atoms with Gasteiger partial charge in [-0.1, -0.05) is 0 Å². The lowest BCUT2D eigenvalue weighted by atomic mass is 10.3. The highest BCUT2D eigenvalue weighted by Gasteiger charge is 2.21. The largest absolute Gasteiger partial charge is 0.491 e. The van der Waals surface area contributed by atoms with Crippen LogP contribution in [-0.2, 0) is 19.1 Å². The fourth-order valence-electron chi connectivity index (χ4n) is 1.91. The van der Waals surface area contributed by atoms with Crippen LogP contribution in [0.1, 0.15) is 0 Å². The SMILES string of the molecule is COCCOc1ccc(S(=O)(=O)c2ccc(P(=O)(O)O)cc2)cc1. The second-order valence-electron chi connectivity index (χ2n) is 4.85. The zero-order chi connectivity index (χ0) is 17.8. The van der Waals surface area contributed by atoms with Crippen LogP contribution < -0.4 is 10.0 Å². The van der Waals surface area contributed by atoms with Crippen LogP contribution in [0.2, 0.25) is 0 Å². The van der Waals surface area contributed by atoms with Gasteiger partial charge in [0.25, 0.3) is 0 Å². The molecule has 0 atom stereocenters. The van der Waals surface area contributed by atoms with E-state index in [1.807, 2.05) is 0 Å². The van der Waals surface area contributed by atoms with E-state index in [4.69, 9.17) is 19.3 Å². The van der Waals surface area contributed by atoms with Crippen LogP contribution in [0.5, 0.6) is 5.75 Å². The van der Waals surface area contributed by atoms with Gasteiger partial charge in [-0.15, -0.1) is 0 Å². The summed E-state index contributed by atoms with van der Waals surface area (Å²) in [5.41, 5.74) is 0. The molecular formula is C15H17O7PS. The first-order chi connectivity index (χ1) is 11.2. The average molecular weight is 372 g/mol. The van der Waals surface area contributed by atoms with Crippen LogP contribution in [0.3, 0.4) is 0 Å². The fourth-order valence-corrected chi connectivity index (χ4v) is 3.71. The molecular weight excluding hydrogens is 355 g/mol.